The summed E-state index contributed by atoms with van der Waals surface area (Å²) in [4.78, 5) is 4.85. The third-order valence-corrected chi connectivity index (χ3v) is 3.62. The van der Waals surface area contributed by atoms with Gasteiger partial charge in [0.05, 0.1) is 11.2 Å². The van der Waals surface area contributed by atoms with Crippen LogP contribution >= 0.6 is 11.3 Å². The molecule has 6 nitrogen and oxygen atoms in total. The maximum Gasteiger partial charge on any atom is 0.285 e. The van der Waals surface area contributed by atoms with Gasteiger partial charge in [-0.25, -0.2) is 22.2 Å². The van der Waals surface area contributed by atoms with Crippen LogP contribution in [-0.2, 0) is 16.4 Å². The van der Waals surface area contributed by atoms with Gasteiger partial charge >= 0.3 is 0 Å². The van der Waals surface area contributed by atoms with Gasteiger partial charge in [0.25, 0.3) is 6.43 Å². The number of hydrogen-bond acceptors (Lipinski definition) is 6. The molecule has 0 atom stereocenters. The van der Waals surface area contributed by atoms with Crippen molar-refractivity contribution >= 4 is 21.2 Å². The Morgan fingerprint density at radius 3 is 2.61 bits per heavy atom. The Kier molecular flexibility index (Phi) is 3.39. The topological polar surface area (TPSA) is 77.7 Å². The lowest BCUT2D eigenvalue weighted by Crippen LogP contribution is -2.05. The maximum atomic E-state index is 12.7. The van der Waals surface area contributed by atoms with Gasteiger partial charge in [0, 0.05) is 11.6 Å². The zero-order chi connectivity index (χ0) is 13.3. The summed E-state index contributed by atoms with van der Waals surface area (Å²) in [6.45, 7) is 0.0543. The van der Waals surface area contributed by atoms with Gasteiger partial charge in [0.1, 0.15) is 6.54 Å². The SMILES string of the molecule is CS(=O)(=O)c1nn(Cc2cscn2)nc1C(F)F. The Balaban J connectivity index is 2.40. The second-order valence-electron chi connectivity index (χ2n) is 3.47. The van der Waals surface area contributed by atoms with Crippen LogP contribution in [0.15, 0.2) is 15.9 Å². The van der Waals surface area contributed by atoms with E-state index in [1.165, 1.54) is 11.3 Å². The van der Waals surface area contributed by atoms with Crippen molar-refractivity contribution in [2.45, 2.75) is 18.0 Å². The van der Waals surface area contributed by atoms with E-state index in [1.54, 1.807) is 10.9 Å². The molecular formula is C8H8F2N4O2S2. The zero-order valence-electron chi connectivity index (χ0n) is 9.12. The minimum absolute atomic E-state index is 0.0543. The lowest BCUT2D eigenvalue weighted by Gasteiger charge is -1.94. The van der Waals surface area contributed by atoms with E-state index in [0.717, 1.165) is 11.1 Å². The number of thiazole rings is 1. The average molecular weight is 294 g/mol. The molecule has 0 aliphatic rings. The molecule has 0 bridgehead atoms. The molecule has 0 aliphatic heterocycles. The van der Waals surface area contributed by atoms with Gasteiger partial charge in [-0.3, -0.25) is 0 Å². The normalized spacial score (nSPS) is 12.2. The van der Waals surface area contributed by atoms with E-state index in [9.17, 15) is 17.2 Å². The summed E-state index contributed by atoms with van der Waals surface area (Å²) in [6, 6.07) is 0. The van der Waals surface area contributed by atoms with Crippen molar-refractivity contribution in [3.8, 4) is 0 Å². The van der Waals surface area contributed by atoms with Crippen LogP contribution in [0.25, 0.3) is 0 Å². The number of rotatable bonds is 4. The number of hydrogen-bond donors (Lipinski definition) is 0. The fraction of sp³-hybridized carbons (Fsp3) is 0.375. The van der Waals surface area contributed by atoms with E-state index in [2.05, 4.69) is 15.2 Å². The quantitative estimate of drug-likeness (QED) is 0.844. The first-order valence-electron chi connectivity index (χ1n) is 4.68. The predicted molar refractivity (Wildman–Crippen MR) is 59.3 cm³/mol. The summed E-state index contributed by atoms with van der Waals surface area (Å²) in [5.74, 6) is 0. The lowest BCUT2D eigenvalue weighted by atomic mass is 10.5. The Labute approximate surface area is 105 Å². The van der Waals surface area contributed by atoms with Crippen molar-refractivity contribution in [1.29, 1.82) is 0 Å². The number of sulfone groups is 1. The smallest absolute Gasteiger partial charge is 0.248 e. The average Bonchev–Trinajstić information content (AvgIpc) is 2.85. The first kappa shape index (κ1) is 13.0. The molecule has 18 heavy (non-hydrogen) atoms. The number of aromatic nitrogens is 4. The van der Waals surface area contributed by atoms with Crippen molar-refractivity contribution in [1.82, 2.24) is 20.0 Å². The summed E-state index contributed by atoms with van der Waals surface area (Å²) in [5.41, 5.74) is 1.33. The second kappa shape index (κ2) is 4.69. The van der Waals surface area contributed by atoms with E-state index < -0.39 is 27.0 Å². The molecule has 0 amide bonds. The molecule has 0 N–H and O–H groups in total. The third kappa shape index (κ3) is 2.70. The zero-order valence-corrected chi connectivity index (χ0v) is 10.7. The van der Waals surface area contributed by atoms with Gasteiger partial charge in [-0.05, 0) is 0 Å². The summed E-state index contributed by atoms with van der Waals surface area (Å²) < 4.78 is 47.9. The van der Waals surface area contributed by atoms with Gasteiger partial charge in [0.15, 0.2) is 15.5 Å². The third-order valence-electron chi connectivity index (χ3n) is 1.99. The molecule has 0 saturated heterocycles. The molecular weight excluding hydrogens is 286 g/mol. The molecule has 0 fully saturated rings. The van der Waals surface area contributed by atoms with Gasteiger partial charge in [-0.1, -0.05) is 0 Å². The molecule has 0 aliphatic carbocycles. The number of halogens is 2. The van der Waals surface area contributed by atoms with Gasteiger partial charge < -0.3 is 0 Å². The summed E-state index contributed by atoms with van der Waals surface area (Å²) in [5, 5.41) is 8.08. The van der Waals surface area contributed by atoms with Crippen LogP contribution in [-0.4, -0.2) is 34.7 Å². The molecule has 98 valence electrons. The fourth-order valence-corrected chi connectivity index (χ4v) is 2.58. The Bertz CT molecular complexity index is 636. The Hall–Kier alpha value is -1.42. The van der Waals surface area contributed by atoms with Gasteiger partial charge in [-0.2, -0.15) is 9.90 Å². The first-order chi connectivity index (χ1) is 8.38. The van der Waals surface area contributed by atoms with Crippen molar-refractivity contribution in [3.05, 3.63) is 22.3 Å². The molecule has 0 radical (unpaired) electrons. The molecule has 10 heteroatoms. The first-order valence-corrected chi connectivity index (χ1v) is 7.51. The van der Waals surface area contributed by atoms with Crippen LogP contribution in [0, 0.1) is 0 Å². The highest BCUT2D eigenvalue weighted by Gasteiger charge is 2.26. The van der Waals surface area contributed by atoms with Crippen LogP contribution in [0.1, 0.15) is 17.8 Å². The Morgan fingerprint density at radius 1 is 1.44 bits per heavy atom. The van der Waals surface area contributed by atoms with Crippen LogP contribution in [0.2, 0.25) is 0 Å². The monoisotopic (exact) mass is 294 g/mol. The largest absolute Gasteiger partial charge is 0.285 e. The summed E-state index contributed by atoms with van der Waals surface area (Å²) in [6.07, 6.45) is -2.17. The number of alkyl halides is 2. The molecule has 0 saturated carbocycles. The van der Waals surface area contributed by atoms with E-state index >= 15 is 0 Å². The van der Waals surface area contributed by atoms with E-state index in [4.69, 9.17) is 0 Å². The number of nitrogens with zero attached hydrogens (tertiary/aromatic N) is 4. The van der Waals surface area contributed by atoms with E-state index in [1.807, 2.05) is 0 Å². The van der Waals surface area contributed by atoms with Crippen molar-refractivity contribution in [3.63, 3.8) is 0 Å². The predicted octanol–water partition coefficient (Wildman–Crippen LogP) is 1.12. The van der Waals surface area contributed by atoms with E-state index in [-0.39, 0.29) is 6.54 Å². The van der Waals surface area contributed by atoms with E-state index in [0.29, 0.717) is 5.69 Å². The highest BCUT2D eigenvalue weighted by atomic mass is 32.2. The molecule has 2 aromatic rings. The minimum atomic E-state index is -3.83. The molecule has 2 rings (SSSR count). The second-order valence-corrected chi connectivity index (χ2v) is 6.12. The summed E-state index contributed by atoms with van der Waals surface area (Å²) in [7, 11) is -3.83. The van der Waals surface area contributed by atoms with Crippen molar-refractivity contribution < 1.29 is 17.2 Å². The van der Waals surface area contributed by atoms with Crippen LogP contribution in [0.4, 0.5) is 8.78 Å². The van der Waals surface area contributed by atoms with Crippen molar-refractivity contribution in [2.24, 2.45) is 0 Å². The summed E-state index contributed by atoms with van der Waals surface area (Å²) >= 11 is 1.34. The van der Waals surface area contributed by atoms with Crippen LogP contribution < -0.4 is 0 Å². The van der Waals surface area contributed by atoms with Crippen LogP contribution in [0.3, 0.4) is 0 Å². The fourth-order valence-electron chi connectivity index (χ4n) is 1.28. The van der Waals surface area contributed by atoms with Crippen molar-refractivity contribution in [2.75, 3.05) is 6.26 Å². The molecule has 0 aromatic carbocycles. The molecule has 0 unspecified atom stereocenters. The van der Waals surface area contributed by atoms with Gasteiger partial charge in [-0.15, -0.1) is 16.4 Å². The van der Waals surface area contributed by atoms with Gasteiger partial charge in [0.2, 0.25) is 5.03 Å². The Morgan fingerprint density at radius 2 is 2.17 bits per heavy atom. The standard InChI is InChI=1S/C8H8F2N4O2S2/c1-18(15,16)8-6(7(9)10)12-14(13-8)2-5-3-17-4-11-5/h3-4,7H,2H2,1H3. The maximum absolute atomic E-state index is 12.7. The van der Waals surface area contributed by atoms with Crippen LogP contribution in [0.5, 0.6) is 0 Å². The highest BCUT2D eigenvalue weighted by Crippen LogP contribution is 2.22. The highest BCUT2D eigenvalue weighted by molar-refractivity contribution is 7.90. The lowest BCUT2D eigenvalue weighted by molar-refractivity contribution is 0.141. The molecule has 2 aromatic heterocycles. The minimum Gasteiger partial charge on any atom is -0.248 e. The molecule has 0 spiro atoms. The molecule has 2 heterocycles.